The van der Waals surface area contributed by atoms with Gasteiger partial charge in [0.2, 0.25) is 10.0 Å². The molecule has 5 heteroatoms. The minimum Gasteiger partial charge on any atom is -0.268 e. The summed E-state index contributed by atoms with van der Waals surface area (Å²) in [5.41, 5.74) is 1.34. The zero-order valence-electron chi connectivity index (χ0n) is 24.3. The highest BCUT2D eigenvalue weighted by Crippen LogP contribution is 2.69. The van der Waals surface area contributed by atoms with E-state index in [1.807, 2.05) is 6.07 Å². The molecule has 0 heterocycles. The third-order valence-corrected chi connectivity index (χ3v) is 13.7. The van der Waals surface area contributed by atoms with Crippen molar-refractivity contribution in [3.8, 4) is 0 Å². The third-order valence-electron chi connectivity index (χ3n) is 12.4. The minimum absolute atomic E-state index is 0.0192. The second-order valence-corrected chi connectivity index (χ2v) is 15.9. The first-order valence-corrected chi connectivity index (χ1v) is 17.3. The number of hydrogen-bond donors (Lipinski definition) is 1. The van der Waals surface area contributed by atoms with Crippen LogP contribution in [-0.4, -0.2) is 20.1 Å². The second-order valence-electron chi connectivity index (χ2n) is 14.1. The van der Waals surface area contributed by atoms with E-state index in [4.69, 9.17) is 0 Å². The van der Waals surface area contributed by atoms with Gasteiger partial charge < -0.3 is 0 Å². The molecule has 0 radical (unpaired) electrons. The van der Waals surface area contributed by atoms with E-state index in [0.717, 1.165) is 36.0 Å². The third kappa shape index (κ3) is 5.10. The van der Waals surface area contributed by atoms with Crippen LogP contribution in [0, 0.1) is 52.3 Å². The highest BCUT2D eigenvalue weighted by atomic mass is 32.2. The van der Waals surface area contributed by atoms with E-state index in [9.17, 15) is 13.2 Å². The number of sulfonamides is 1. The monoisotopic (exact) mass is 541 g/mol. The van der Waals surface area contributed by atoms with Gasteiger partial charge in [-0.3, -0.25) is 4.79 Å². The molecule has 212 valence electrons. The Hall–Kier alpha value is -1.36. The molecule has 3 unspecified atom stereocenters. The maximum absolute atomic E-state index is 12.6. The highest BCUT2D eigenvalue weighted by molar-refractivity contribution is 7.90. The molecule has 1 N–H and O–H groups in total. The molecule has 4 fully saturated rings. The summed E-state index contributed by atoms with van der Waals surface area (Å²) < 4.78 is 27.5. The number of nitrogens with one attached hydrogen (secondary N) is 1. The molecule has 4 nitrogen and oxygen atoms in total. The average Bonchev–Trinajstić information content (AvgIpc) is 3.25. The molecule has 0 aromatic heterocycles. The van der Waals surface area contributed by atoms with Gasteiger partial charge in [0.05, 0.1) is 5.75 Å². The number of carbonyl (C=O) groups is 1. The first-order valence-electron chi connectivity index (χ1n) is 15.7. The quantitative estimate of drug-likeness (QED) is 0.364. The lowest BCUT2D eigenvalue weighted by Gasteiger charge is -2.63. The molecule has 1 aromatic carbocycles. The van der Waals surface area contributed by atoms with Gasteiger partial charge in [-0.2, -0.15) is 0 Å². The van der Waals surface area contributed by atoms with E-state index in [0.29, 0.717) is 34.7 Å². The summed E-state index contributed by atoms with van der Waals surface area (Å²) in [5, 5.41) is 0. The lowest BCUT2D eigenvalue weighted by atomic mass is 9.42. The molecule has 0 aliphatic heterocycles. The summed E-state index contributed by atoms with van der Waals surface area (Å²) in [6.45, 7) is 10.1. The van der Waals surface area contributed by atoms with Crippen LogP contribution in [0.2, 0.25) is 0 Å². The predicted molar refractivity (Wildman–Crippen MR) is 155 cm³/mol. The fourth-order valence-electron chi connectivity index (χ4n) is 10.6. The fourth-order valence-corrected chi connectivity index (χ4v) is 11.7. The van der Waals surface area contributed by atoms with Crippen LogP contribution in [-0.2, 0) is 10.0 Å². The highest BCUT2D eigenvalue weighted by Gasteiger charge is 2.61. The van der Waals surface area contributed by atoms with Crippen LogP contribution in [0.1, 0.15) is 115 Å². The van der Waals surface area contributed by atoms with Crippen molar-refractivity contribution in [1.82, 2.24) is 4.72 Å². The van der Waals surface area contributed by atoms with Crippen LogP contribution in [0.4, 0.5) is 0 Å². The zero-order chi connectivity index (χ0) is 27.1. The predicted octanol–water partition coefficient (Wildman–Crippen LogP) is 7.85. The van der Waals surface area contributed by atoms with Crippen LogP contribution in [0.25, 0.3) is 0 Å². The largest absolute Gasteiger partial charge is 0.268 e. The van der Waals surface area contributed by atoms with Crippen LogP contribution >= 0.6 is 0 Å². The van der Waals surface area contributed by atoms with E-state index >= 15 is 0 Å². The maximum Gasteiger partial charge on any atom is 0.264 e. The second kappa shape index (κ2) is 10.9. The molecule has 4 saturated carbocycles. The normalized spacial score (nSPS) is 39.5. The summed E-state index contributed by atoms with van der Waals surface area (Å²) in [4.78, 5) is 12.3. The first kappa shape index (κ1) is 28.2. The van der Waals surface area contributed by atoms with E-state index in [1.54, 1.807) is 24.3 Å². The lowest BCUT2D eigenvalue weighted by Crippen LogP contribution is -2.55. The van der Waals surface area contributed by atoms with Gasteiger partial charge in [-0.25, -0.2) is 13.1 Å². The SMILES string of the molecule is CC[C@H]1CC2C3CC[C@H]([C@H](C)CCCS(=O)(=O)NC(=O)c4ccccc4)[C@@]3(C)CCC2[C@@]2(C)CCCC[C@@H]12. The number of rotatable bonds is 8. The lowest BCUT2D eigenvalue weighted by molar-refractivity contribution is -0.138. The topological polar surface area (TPSA) is 63.2 Å². The van der Waals surface area contributed by atoms with E-state index in [2.05, 4.69) is 32.4 Å². The molecule has 0 bridgehead atoms. The Morgan fingerprint density at radius 3 is 2.45 bits per heavy atom. The molecule has 0 saturated heterocycles. The molecule has 4 aliphatic rings. The standard InChI is InChI=1S/C33H51NO3S/c1-5-24-22-26-29-17-16-27(33(29,4)20-18-30(26)32(3)19-10-9-15-28(24)32)23(2)12-11-21-38(36,37)34-31(35)25-13-7-6-8-14-25/h6-8,13-14,23-24,26-30H,5,9-12,15-22H2,1-4H3,(H,34,35)/t23-,24+,26?,27-,28+,29?,30?,32+,33-/m1/s1. The Kier molecular flexibility index (Phi) is 8.08. The number of fused-ring (bicyclic) bond motifs is 5. The van der Waals surface area contributed by atoms with Gasteiger partial charge in [0, 0.05) is 5.56 Å². The molecule has 9 atom stereocenters. The molecule has 0 spiro atoms. The minimum atomic E-state index is -3.63. The van der Waals surface area contributed by atoms with Crippen molar-refractivity contribution in [2.45, 2.75) is 105 Å². The van der Waals surface area contributed by atoms with Gasteiger partial charge in [0.15, 0.2) is 0 Å². The Labute approximate surface area is 232 Å². The Morgan fingerprint density at radius 1 is 0.974 bits per heavy atom. The smallest absolute Gasteiger partial charge is 0.264 e. The molecule has 38 heavy (non-hydrogen) atoms. The van der Waals surface area contributed by atoms with Gasteiger partial charge in [0.25, 0.3) is 5.91 Å². The number of hydrogen-bond acceptors (Lipinski definition) is 3. The molecular weight excluding hydrogens is 490 g/mol. The molecule has 1 aromatic rings. The van der Waals surface area contributed by atoms with Gasteiger partial charge in [-0.1, -0.05) is 65.2 Å². The summed E-state index contributed by atoms with van der Waals surface area (Å²) in [6, 6.07) is 8.59. The molecule has 4 aliphatic carbocycles. The average molecular weight is 542 g/mol. The van der Waals surface area contributed by atoms with E-state index in [-0.39, 0.29) is 5.75 Å². The number of benzene rings is 1. The first-order chi connectivity index (χ1) is 18.1. The van der Waals surface area contributed by atoms with Crippen molar-refractivity contribution in [3.63, 3.8) is 0 Å². The maximum atomic E-state index is 12.6. The van der Waals surface area contributed by atoms with Crippen molar-refractivity contribution in [1.29, 1.82) is 0 Å². The van der Waals surface area contributed by atoms with Crippen LogP contribution in [0.5, 0.6) is 0 Å². The summed E-state index contributed by atoms with van der Waals surface area (Å²) in [6.07, 6.45) is 15.6. The number of amides is 1. The van der Waals surface area contributed by atoms with Crippen LogP contribution < -0.4 is 4.72 Å². The Morgan fingerprint density at radius 2 is 1.71 bits per heavy atom. The van der Waals surface area contributed by atoms with Crippen molar-refractivity contribution >= 4 is 15.9 Å². The summed E-state index contributed by atoms with van der Waals surface area (Å²) in [5.74, 6) is 5.21. The Balaban J connectivity index is 1.20. The van der Waals surface area contributed by atoms with Gasteiger partial charge in [-0.15, -0.1) is 0 Å². The van der Waals surface area contributed by atoms with Crippen LogP contribution in [0.15, 0.2) is 30.3 Å². The van der Waals surface area contributed by atoms with Crippen molar-refractivity contribution in [2.24, 2.45) is 52.3 Å². The van der Waals surface area contributed by atoms with Crippen molar-refractivity contribution in [2.75, 3.05) is 5.75 Å². The van der Waals surface area contributed by atoms with Crippen molar-refractivity contribution in [3.05, 3.63) is 35.9 Å². The van der Waals surface area contributed by atoms with Crippen LogP contribution in [0.3, 0.4) is 0 Å². The molecule has 1 amide bonds. The zero-order valence-corrected chi connectivity index (χ0v) is 25.1. The molecular formula is C33H51NO3S. The van der Waals surface area contributed by atoms with E-state index in [1.165, 1.54) is 64.2 Å². The van der Waals surface area contributed by atoms with Gasteiger partial charge in [0.1, 0.15) is 0 Å². The summed E-state index contributed by atoms with van der Waals surface area (Å²) >= 11 is 0. The van der Waals surface area contributed by atoms with Gasteiger partial charge >= 0.3 is 0 Å². The summed E-state index contributed by atoms with van der Waals surface area (Å²) in [7, 11) is -3.63. The molecule has 5 rings (SSSR count). The van der Waals surface area contributed by atoms with Crippen molar-refractivity contribution < 1.29 is 13.2 Å². The fraction of sp³-hybridized carbons (Fsp3) is 0.788. The van der Waals surface area contributed by atoms with E-state index < -0.39 is 15.9 Å². The van der Waals surface area contributed by atoms with Gasteiger partial charge in [-0.05, 0) is 122 Å². The number of carbonyl (C=O) groups excluding carboxylic acids is 1. The Bertz CT molecular complexity index is 1090.